The molecule has 35 heavy (non-hydrogen) atoms. The van der Waals surface area contributed by atoms with Crippen molar-refractivity contribution in [3.05, 3.63) is 100 Å². The van der Waals surface area contributed by atoms with Crippen LogP contribution in [0, 0.1) is 0 Å². The van der Waals surface area contributed by atoms with Gasteiger partial charge in [0.2, 0.25) is 0 Å². The summed E-state index contributed by atoms with van der Waals surface area (Å²) in [5.74, 6) is 1.65. The number of anilines is 1. The van der Waals surface area contributed by atoms with Crippen molar-refractivity contribution in [3.63, 3.8) is 0 Å². The first-order valence-electron chi connectivity index (χ1n) is 11.0. The number of carbonyl (C=O) groups is 1. The van der Waals surface area contributed by atoms with Gasteiger partial charge in [0.1, 0.15) is 17.5 Å². The summed E-state index contributed by atoms with van der Waals surface area (Å²) in [4.78, 5) is 18.4. The maximum atomic E-state index is 13.4. The second-order valence-electron chi connectivity index (χ2n) is 7.81. The zero-order chi connectivity index (χ0) is 24.8. The van der Waals surface area contributed by atoms with E-state index in [0.717, 1.165) is 16.8 Å². The third-order valence-electron chi connectivity index (χ3n) is 5.55. The number of halogens is 1. The van der Waals surface area contributed by atoms with E-state index in [1.54, 1.807) is 20.3 Å². The van der Waals surface area contributed by atoms with Crippen LogP contribution < -0.4 is 20.1 Å². The molecule has 0 saturated heterocycles. The Kier molecular flexibility index (Phi) is 8.00. The van der Waals surface area contributed by atoms with Crippen LogP contribution >= 0.6 is 23.4 Å². The Balaban J connectivity index is 1.69. The molecular formula is C27H26ClN3O3S. The van der Waals surface area contributed by atoms with E-state index < -0.39 is 6.04 Å². The summed E-state index contributed by atoms with van der Waals surface area (Å²) < 4.78 is 11.0. The molecule has 2 N–H and O–H groups in total. The van der Waals surface area contributed by atoms with E-state index in [0.29, 0.717) is 38.7 Å². The molecule has 4 rings (SSSR count). The van der Waals surface area contributed by atoms with E-state index in [4.69, 9.17) is 26.1 Å². The number of carbonyl (C=O) groups excluding carboxylic acids is 1. The highest BCUT2D eigenvalue weighted by atomic mass is 35.5. The molecule has 1 atom stereocenters. The Labute approximate surface area is 214 Å². The number of ether oxygens (including phenoxy) is 2. The Morgan fingerprint density at radius 1 is 1.06 bits per heavy atom. The lowest BCUT2D eigenvalue weighted by molar-refractivity contribution is -0.113. The number of hydrogen-bond donors (Lipinski definition) is 2. The quantitative estimate of drug-likeness (QED) is 0.398. The van der Waals surface area contributed by atoms with Gasteiger partial charge in [-0.05, 0) is 42.8 Å². The first-order valence-corrected chi connectivity index (χ1v) is 12.4. The molecule has 180 valence electrons. The zero-order valence-corrected chi connectivity index (χ0v) is 21.2. The largest absolute Gasteiger partial charge is 0.497 e. The highest BCUT2D eigenvalue weighted by Gasteiger charge is 2.31. The first kappa shape index (κ1) is 24.7. The number of thioether (sulfide) groups is 1. The third kappa shape index (κ3) is 5.81. The van der Waals surface area contributed by atoms with Crippen molar-refractivity contribution in [3.8, 4) is 11.5 Å². The van der Waals surface area contributed by atoms with Crippen LogP contribution in [0.4, 0.5) is 5.69 Å². The summed E-state index contributed by atoms with van der Waals surface area (Å²) in [6.07, 6.45) is 0. The molecule has 0 unspecified atom stereocenters. The fraction of sp³-hybridized carbons (Fsp3) is 0.185. The first-order chi connectivity index (χ1) is 17.0. The van der Waals surface area contributed by atoms with Crippen molar-refractivity contribution in [1.29, 1.82) is 0 Å². The number of rotatable bonds is 7. The summed E-state index contributed by atoms with van der Waals surface area (Å²) in [5.41, 5.74) is 3.72. The molecule has 3 aromatic rings. The second kappa shape index (κ2) is 11.3. The van der Waals surface area contributed by atoms with Crippen molar-refractivity contribution in [2.45, 2.75) is 18.7 Å². The molecule has 0 spiro atoms. The van der Waals surface area contributed by atoms with Gasteiger partial charge in [-0.1, -0.05) is 59.8 Å². The van der Waals surface area contributed by atoms with Crippen LogP contribution in [0.25, 0.3) is 0 Å². The molecule has 0 bridgehead atoms. The molecule has 1 heterocycles. The topological polar surface area (TPSA) is 72.0 Å². The van der Waals surface area contributed by atoms with Gasteiger partial charge in [0.05, 0.1) is 19.8 Å². The molecule has 6 nitrogen and oxygen atoms in total. The van der Waals surface area contributed by atoms with Crippen LogP contribution in [0.15, 0.2) is 89.1 Å². The number of allylic oxidation sites excluding steroid dienone is 1. The van der Waals surface area contributed by atoms with Crippen molar-refractivity contribution < 1.29 is 14.3 Å². The molecule has 1 aliphatic rings. The van der Waals surface area contributed by atoms with Crippen molar-refractivity contribution in [2.75, 3.05) is 19.5 Å². The highest BCUT2D eigenvalue weighted by Crippen LogP contribution is 2.39. The van der Waals surface area contributed by atoms with E-state index >= 15 is 0 Å². The van der Waals surface area contributed by atoms with Crippen LogP contribution in [0.5, 0.6) is 11.5 Å². The summed E-state index contributed by atoms with van der Waals surface area (Å²) >= 11 is 7.87. The second-order valence-corrected chi connectivity index (χ2v) is 9.18. The van der Waals surface area contributed by atoms with Gasteiger partial charge < -0.3 is 20.1 Å². The summed E-state index contributed by atoms with van der Waals surface area (Å²) in [6.45, 7) is 1.88. The van der Waals surface area contributed by atoms with Crippen LogP contribution in [0.2, 0.25) is 5.02 Å². The van der Waals surface area contributed by atoms with E-state index in [1.807, 2.05) is 73.7 Å². The molecule has 0 radical (unpaired) electrons. The number of hydrogen-bond acceptors (Lipinski definition) is 6. The standard InChI is InChI=1S/C27H26ClN3O3S/c1-17-24(26(32)30-19-10-5-4-6-11-19)25(21-14-13-20(33-2)15-23(21)34-3)31-27(29-17)35-16-18-9-7-8-12-22(18)28/h4-15,25H,16H2,1-3H3,(H,29,31)(H,30,32)/t25-/m1/s1. The summed E-state index contributed by atoms with van der Waals surface area (Å²) in [5, 5.41) is 7.70. The molecule has 0 aliphatic carbocycles. The maximum absolute atomic E-state index is 13.4. The molecule has 0 fully saturated rings. The fourth-order valence-electron chi connectivity index (χ4n) is 3.77. The predicted octanol–water partition coefficient (Wildman–Crippen LogP) is 6.20. The van der Waals surface area contributed by atoms with E-state index in [9.17, 15) is 4.79 Å². The Morgan fingerprint density at radius 3 is 2.51 bits per heavy atom. The minimum atomic E-state index is -0.574. The monoisotopic (exact) mass is 507 g/mol. The van der Waals surface area contributed by atoms with Gasteiger partial charge >= 0.3 is 0 Å². The number of amides is 1. The lowest BCUT2D eigenvalue weighted by atomic mass is 9.95. The molecule has 0 aromatic heterocycles. The Hall–Kier alpha value is -3.42. The van der Waals surface area contributed by atoms with E-state index in [-0.39, 0.29) is 5.91 Å². The number of para-hydroxylation sites is 1. The normalized spacial score (nSPS) is 15.2. The number of benzene rings is 3. The van der Waals surface area contributed by atoms with Gasteiger partial charge in [0.15, 0.2) is 5.17 Å². The summed E-state index contributed by atoms with van der Waals surface area (Å²) in [7, 11) is 3.19. The van der Waals surface area contributed by atoms with Crippen molar-refractivity contribution >= 4 is 40.1 Å². The van der Waals surface area contributed by atoms with Crippen LogP contribution in [-0.2, 0) is 10.5 Å². The molecule has 3 aromatic carbocycles. The molecule has 1 aliphatic heterocycles. The van der Waals surface area contributed by atoms with Gasteiger partial charge in [-0.25, -0.2) is 4.99 Å². The number of methoxy groups -OCH3 is 2. The fourth-order valence-corrected chi connectivity index (χ4v) is 5.00. The van der Waals surface area contributed by atoms with Gasteiger partial charge in [0.25, 0.3) is 5.91 Å². The molecule has 0 saturated carbocycles. The molecular weight excluding hydrogens is 482 g/mol. The maximum Gasteiger partial charge on any atom is 0.255 e. The third-order valence-corrected chi connectivity index (χ3v) is 6.86. The van der Waals surface area contributed by atoms with Gasteiger partial charge in [-0.3, -0.25) is 4.79 Å². The molecule has 1 amide bonds. The minimum absolute atomic E-state index is 0.233. The SMILES string of the molecule is COc1ccc([C@H]2N=C(SCc3ccccc3Cl)NC(C)=C2C(=O)Nc2ccccc2)c(OC)c1. The van der Waals surface area contributed by atoms with Crippen LogP contribution in [0.1, 0.15) is 24.1 Å². The zero-order valence-electron chi connectivity index (χ0n) is 19.7. The molecule has 8 heteroatoms. The van der Waals surface area contributed by atoms with Crippen molar-refractivity contribution in [2.24, 2.45) is 4.99 Å². The van der Waals surface area contributed by atoms with Gasteiger partial charge in [0, 0.05) is 33.8 Å². The lowest BCUT2D eigenvalue weighted by Crippen LogP contribution is -2.32. The number of nitrogens with zero attached hydrogens (tertiary/aromatic N) is 1. The van der Waals surface area contributed by atoms with Gasteiger partial charge in [-0.2, -0.15) is 0 Å². The average molecular weight is 508 g/mol. The summed E-state index contributed by atoms with van der Waals surface area (Å²) in [6, 6.07) is 22.0. The average Bonchev–Trinajstić information content (AvgIpc) is 2.88. The predicted molar refractivity (Wildman–Crippen MR) is 143 cm³/mol. The Morgan fingerprint density at radius 2 is 1.80 bits per heavy atom. The van der Waals surface area contributed by atoms with Crippen LogP contribution in [0.3, 0.4) is 0 Å². The van der Waals surface area contributed by atoms with E-state index in [2.05, 4.69) is 10.6 Å². The Bertz CT molecular complexity index is 1280. The lowest BCUT2D eigenvalue weighted by Gasteiger charge is -2.27. The number of aliphatic imine (C=N–C) groups is 1. The smallest absolute Gasteiger partial charge is 0.255 e. The highest BCUT2D eigenvalue weighted by molar-refractivity contribution is 8.13. The van der Waals surface area contributed by atoms with Gasteiger partial charge in [-0.15, -0.1) is 0 Å². The van der Waals surface area contributed by atoms with Crippen LogP contribution in [-0.4, -0.2) is 25.3 Å². The number of nitrogens with one attached hydrogen (secondary N) is 2. The minimum Gasteiger partial charge on any atom is -0.497 e. The van der Waals surface area contributed by atoms with Crippen molar-refractivity contribution in [1.82, 2.24) is 5.32 Å². The van der Waals surface area contributed by atoms with E-state index in [1.165, 1.54) is 11.8 Å². The number of amidine groups is 1.